The second-order valence-corrected chi connectivity index (χ2v) is 4.07. The fourth-order valence-corrected chi connectivity index (χ4v) is 1.98. The highest BCUT2D eigenvalue weighted by Gasteiger charge is 2.25. The van der Waals surface area contributed by atoms with Gasteiger partial charge in [-0.15, -0.1) is 0 Å². The highest BCUT2D eigenvalue weighted by atomic mass is 16.5. The molecule has 0 aromatic heterocycles. The minimum absolute atomic E-state index is 0.416. The van der Waals surface area contributed by atoms with Crippen molar-refractivity contribution in [1.82, 2.24) is 5.32 Å². The Morgan fingerprint density at radius 3 is 2.69 bits per heavy atom. The Hall–Kier alpha value is -0.0800. The summed E-state index contributed by atoms with van der Waals surface area (Å²) in [6, 6.07) is 0.586. The van der Waals surface area contributed by atoms with Gasteiger partial charge < -0.3 is 10.1 Å². The normalized spacial score (nSPS) is 31.6. The summed E-state index contributed by atoms with van der Waals surface area (Å²) in [6.45, 7) is 4.35. The molecule has 0 heterocycles. The van der Waals surface area contributed by atoms with E-state index in [9.17, 15) is 0 Å². The van der Waals surface area contributed by atoms with E-state index in [4.69, 9.17) is 4.74 Å². The number of rotatable bonds is 4. The number of likely N-dealkylation sites (N-methyl/N-ethyl adjacent to an activating group) is 1. The van der Waals surface area contributed by atoms with Crippen LogP contribution in [0, 0.1) is 0 Å². The quantitative estimate of drug-likeness (QED) is 0.726. The van der Waals surface area contributed by atoms with E-state index >= 15 is 0 Å². The molecule has 0 bridgehead atoms. The van der Waals surface area contributed by atoms with Crippen molar-refractivity contribution in [3.8, 4) is 0 Å². The highest BCUT2D eigenvalue weighted by Crippen LogP contribution is 2.22. The lowest BCUT2D eigenvalue weighted by atomic mass is 9.92. The predicted octanol–water partition coefficient (Wildman–Crippen LogP) is 2.33. The Bertz CT molecular complexity index is 138. The molecule has 0 saturated heterocycles. The molecule has 3 unspecified atom stereocenters. The minimum atomic E-state index is 0.416. The van der Waals surface area contributed by atoms with Crippen molar-refractivity contribution in [2.45, 2.75) is 64.2 Å². The third-order valence-corrected chi connectivity index (χ3v) is 3.06. The Labute approximate surface area is 82.0 Å². The second-order valence-electron chi connectivity index (χ2n) is 4.07. The molecule has 2 nitrogen and oxygen atoms in total. The summed E-state index contributed by atoms with van der Waals surface area (Å²) < 4.78 is 5.98. The van der Waals surface area contributed by atoms with Crippen LogP contribution in [-0.4, -0.2) is 25.3 Å². The van der Waals surface area contributed by atoms with E-state index in [0.717, 1.165) is 6.42 Å². The lowest BCUT2D eigenvalue weighted by molar-refractivity contribution is -0.0384. The van der Waals surface area contributed by atoms with Crippen LogP contribution in [0.5, 0.6) is 0 Å². The van der Waals surface area contributed by atoms with Crippen molar-refractivity contribution >= 4 is 0 Å². The van der Waals surface area contributed by atoms with Gasteiger partial charge in [0.1, 0.15) is 0 Å². The smallest absolute Gasteiger partial charge is 0.0731 e. The Kier molecular flexibility index (Phi) is 4.74. The molecule has 0 aromatic rings. The maximum Gasteiger partial charge on any atom is 0.0731 e. The van der Waals surface area contributed by atoms with Crippen LogP contribution in [-0.2, 0) is 4.74 Å². The predicted molar refractivity (Wildman–Crippen MR) is 55.9 cm³/mol. The van der Waals surface area contributed by atoms with Crippen LogP contribution in [0.4, 0.5) is 0 Å². The fourth-order valence-electron chi connectivity index (χ4n) is 1.98. The van der Waals surface area contributed by atoms with Gasteiger partial charge in [0, 0.05) is 6.04 Å². The molecule has 1 rings (SSSR count). The molecule has 1 aliphatic carbocycles. The van der Waals surface area contributed by atoms with E-state index in [1.54, 1.807) is 0 Å². The first-order valence-electron chi connectivity index (χ1n) is 5.60. The van der Waals surface area contributed by atoms with E-state index in [1.165, 1.54) is 25.7 Å². The lowest BCUT2D eigenvalue weighted by Crippen LogP contribution is -2.43. The molecule has 0 amide bonds. The molecule has 0 aliphatic heterocycles. The zero-order valence-electron chi connectivity index (χ0n) is 9.18. The third-order valence-electron chi connectivity index (χ3n) is 3.06. The van der Waals surface area contributed by atoms with Gasteiger partial charge in [0.05, 0.1) is 12.2 Å². The molecule has 0 aromatic carbocycles. The molecule has 0 radical (unpaired) electrons. The first-order valence-corrected chi connectivity index (χ1v) is 5.60. The number of ether oxygens (including phenoxy) is 1. The van der Waals surface area contributed by atoms with Crippen LogP contribution in [0.1, 0.15) is 46.0 Å². The molecule has 1 N–H and O–H groups in total. The van der Waals surface area contributed by atoms with E-state index < -0.39 is 0 Å². The first-order chi connectivity index (χ1) is 6.27. The molecule has 1 fully saturated rings. The number of hydrogen-bond acceptors (Lipinski definition) is 2. The maximum absolute atomic E-state index is 5.98. The maximum atomic E-state index is 5.98. The van der Waals surface area contributed by atoms with Crippen molar-refractivity contribution in [2.24, 2.45) is 0 Å². The zero-order valence-corrected chi connectivity index (χ0v) is 9.18. The van der Waals surface area contributed by atoms with Crippen molar-refractivity contribution in [3.63, 3.8) is 0 Å². The lowest BCUT2D eigenvalue weighted by Gasteiger charge is -2.33. The van der Waals surface area contributed by atoms with Crippen LogP contribution >= 0.6 is 0 Å². The average molecular weight is 185 g/mol. The molecule has 0 spiro atoms. The molecule has 1 saturated carbocycles. The van der Waals surface area contributed by atoms with Gasteiger partial charge in [0.2, 0.25) is 0 Å². The fraction of sp³-hybridized carbons (Fsp3) is 1.00. The van der Waals surface area contributed by atoms with E-state index in [0.29, 0.717) is 18.2 Å². The van der Waals surface area contributed by atoms with Gasteiger partial charge in [-0.1, -0.05) is 19.8 Å². The summed E-state index contributed by atoms with van der Waals surface area (Å²) in [5.41, 5.74) is 0. The summed E-state index contributed by atoms with van der Waals surface area (Å²) in [7, 11) is 2.04. The van der Waals surface area contributed by atoms with Gasteiger partial charge >= 0.3 is 0 Å². The van der Waals surface area contributed by atoms with Crippen LogP contribution in [0.25, 0.3) is 0 Å². The molecule has 2 heteroatoms. The van der Waals surface area contributed by atoms with Crippen LogP contribution in [0.3, 0.4) is 0 Å². The SMILES string of the molecule is CCC(C)OC1CCCCC1NC. The standard InChI is InChI=1S/C11H23NO/c1-4-9(2)13-11-8-6-5-7-10(11)12-3/h9-12H,4-8H2,1-3H3. The summed E-state index contributed by atoms with van der Waals surface area (Å²) >= 11 is 0. The van der Waals surface area contributed by atoms with Crippen molar-refractivity contribution in [1.29, 1.82) is 0 Å². The van der Waals surface area contributed by atoms with Gasteiger partial charge in [0.25, 0.3) is 0 Å². The average Bonchev–Trinajstić information content (AvgIpc) is 2.18. The van der Waals surface area contributed by atoms with E-state index in [1.807, 2.05) is 7.05 Å². The molecule has 78 valence electrons. The molecular weight excluding hydrogens is 162 g/mol. The molecule has 1 aliphatic rings. The van der Waals surface area contributed by atoms with Crippen LogP contribution < -0.4 is 5.32 Å². The van der Waals surface area contributed by atoms with Gasteiger partial charge in [-0.2, -0.15) is 0 Å². The van der Waals surface area contributed by atoms with Gasteiger partial charge in [-0.05, 0) is 33.2 Å². The van der Waals surface area contributed by atoms with Gasteiger partial charge in [-0.25, -0.2) is 0 Å². The van der Waals surface area contributed by atoms with Crippen molar-refractivity contribution < 1.29 is 4.74 Å². The Morgan fingerprint density at radius 2 is 2.08 bits per heavy atom. The third kappa shape index (κ3) is 3.28. The highest BCUT2D eigenvalue weighted by molar-refractivity contribution is 4.81. The number of hydrogen-bond donors (Lipinski definition) is 1. The zero-order chi connectivity index (χ0) is 9.68. The summed E-state index contributed by atoms with van der Waals surface area (Å²) in [4.78, 5) is 0. The second kappa shape index (κ2) is 5.61. The monoisotopic (exact) mass is 185 g/mol. The first kappa shape index (κ1) is 11.0. The van der Waals surface area contributed by atoms with Gasteiger partial charge in [-0.3, -0.25) is 0 Å². The molecule has 3 atom stereocenters. The van der Waals surface area contributed by atoms with E-state index in [-0.39, 0.29) is 0 Å². The summed E-state index contributed by atoms with van der Waals surface area (Å²) in [5, 5.41) is 3.36. The minimum Gasteiger partial charge on any atom is -0.374 e. The topological polar surface area (TPSA) is 21.3 Å². The Balaban J connectivity index is 2.35. The summed E-state index contributed by atoms with van der Waals surface area (Å²) in [6.07, 6.45) is 7.18. The number of nitrogens with one attached hydrogen (secondary N) is 1. The Morgan fingerprint density at radius 1 is 1.38 bits per heavy atom. The van der Waals surface area contributed by atoms with Crippen LogP contribution in [0.15, 0.2) is 0 Å². The van der Waals surface area contributed by atoms with Crippen molar-refractivity contribution in [3.05, 3.63) is 0 Å². The van der Waals surface area contributed by atoms with Crippen LogP contribution in [0.2, 0.25) is 0 Å². The largest absolute Gasteiger partial charge is 0.374 e. The van der Waals surface area contributed by atoms with Gasteiger partial charge in [0.15, 0.2) is 0 Å². The molecule has 13 heavy (non-hydrogen) atoms. The van der Waals surface area contributed by atoms with E-state index in [2.05, 4.69) is 19.2 Å². The summed E-state index contributed by atoms with van der Waals surface area (Å²) in [5.74, 6) is 0. The molecular formula is C11H23NO. The van der Waals surface area contributed by atoms with Crippen molar-refractivity contribution in [2.75, 3.05) is 7.05 Å².